The monoisotopic (exact) mass is 931 g/mol. The fourth-order valence-electron chi connectivity index (χ4n) is 10.2. The third-order valence-corrected chi connectivity index (χ3v) is 14.0. The molecule has 0 saturated heterocycles. The molecule has 6 atom stereocenters. The van der Waals surface area contributed by atoms with Gasteiger partial charge in [-0.05, 0) is 83.7 Å². The molecule has 4 N–H and O–H groups in total. The van der Waals surface area contributed by atoms with Crippen molar-refractivity contribution < 1.29 is 38.7 Å². The molecule has 7 rings (SSSR count). The SMILES string of the molecule is C=C(OCCCCC)C1Nc2cccc3c(C4C([O-])C(c5ccc6c7c(cccc57)NC(CC(=O)OCCCCC)C(CC(=O)OCCCCC)N6)C4[O-])ccc(c23)NC1C(=C)OCCCCC. The van der Waals surface area contributed by atoms with E-state index in [0.717, 1.165) is 127 Å². The van der Waals surface area contributed by atoms with Gasteiger partial charge in [0.1, 0.15) is 23.6 Å². The maximum absolute atomic E-state index is 14.7. The largest absolute Gasteiger partial charge is 0.851 e. The molecule has 4 aromatic carbocycles. The number of rotatable bonds is 26. The summed E-state index contributed by atoms with van der Waals surface area (Å²) in [4.78, 5) is 26.5. The highest BCUT2D eigenvalue weighted by Gasteiger charge is 2.42. The summed E-state index contributed by atoms with van der Waals surface area (Å²) >= 11 is 0. The average molecular weight is 931 g/mol. The minimum atomic E-state index is -1.22. The second-order valence-electron chi connectivity index (χ2n) is 18.9. The number of carbonyl (C=O) groups is 2. The van der Waals surface area contributed by atoms with Crippen LogP contribution < -0.4 is 31.5 Å². The highest BCUT2D eigenvalue weighted by molar-refractivity contribution is 6.07. The first-order chi connectivity index (χ1) is 33.1. The number of nitrogens with one attached hydrogen (secondary N) is 4. The van der Waals surface area contributed by atoms with Crippen LogP contribution in [0, 0.1) is 0 Å². The maximum atomic E-state index is 14.7. The quantitative estimate of drug-likeness (QED) is 0.0268. The molecular weight excluding hydrogens is 857 g/mol. The van der Waals surface area contributed by atoms with Crippen LogP contribution in [0.3, 0.4) is 0 Å². The van der Waals surface area contributed by atoms with Crippen molar-refractivity contribution in [2.24, 2.45) is 0 Å². The molecule has 368 valence electrons. The molecule has 1 fully saturated rings. The van der Waals surface area contributed by atoms with Crippen LogP contribution in [-0.2, 0) is 28.5 Å². The number of hydrogen-bond donors (Lipinski definition) is 4. The highest BCUT2D eigenvalue weighted by atomic mass is 16.5. The summed E-state index contributed by atoms with van der Waals surface area (Å²) in [6.07, 6.45) is 9.31. The predicted molar refractivity (Wildman–Crippen MR) is 270 cm³/mol. The number of unbranched alkanes of at least 4 members (excludes halogenated alkanes) is 8. The van der Waals surface area contributed by atoms with Crippen LogP contribution in [0.4, 0.5) is 22.7 Å². The van der Waals surface area contributed by atoms with Crippen LogP contribution >= 0.6 is 0 Å². The van der Waals surface area contributed by atoms with Gasteiger partial charge in [-0.1, -0.05) is 129 Å². The van der Waals surface area contributed by atoms with E-state index in [2.05, 4.69) is 62.1 Å². The molecule has 12 nitrogen and oxygen atoms in total. The summed E-state index contributed by atoms with van der Waals surface area (Å²) in [5, 5.41) is 47.4. The Labute approximate surface area is 403 Å². The van der Waals surface area contributed by atoms with Crippen molar-refractivity contribution >= 4 is 56.2 Å². The summed E-state index contributed by atoms with van der Waals surface area (Å²) in [7, 11) is 0. The van der Waals surface area contributed by atoms with Crippen molar-refractivity contribution in [3.63, 3.8) is 0 Å². The topological polar surface area (TPSA) is 165 Å². The average Bonchev–Trinajstić information content (AvgIpc) is 3.60. The summed E-state index contributed by atoms with van der Waals surface area (Å²) in [5.41, 5.74) is 4.58. The van der Waals surface area contributed by atoms with E-state index in [1.807, 2.05) is 60.7 Å². The zero-order valence-electron chi connectivity index (χ0n) is 40.8. The molecule has 68 heavy (non-hydrogen) atoms. The van der Waals surface area contributed by atoms with Crippen LogP contribution in [0.1, 0.15) is 141 Å². The first-order valence-electron chi connectivity index (χ1n) is 25.5. The molecule has 0 spiro atoms. The van der Waals surface area contributed by atoms with Gasteiger partial charge in [0.2, 0.25) is 0 Å². The van der Waals surface area contributed by atoms with E-state index in [9.17, 15) is 19.8 Å². The van der Waals surface area contributed by atoms with Crippen LogP contribution in [0.15, 0.2) is 85.3 Å². The van der Waals surface area contributed by atoms with E-state index in [4.69, 9.17) is 18.9 Å². The van der Waals surface area contributed by atoms with E-state index in [1.165, 1.54) is 0 Å². The van der Waals surface area contributed by atoms with E-state index in [0.29, 0.717) is 43.5 Å². The normalized spacial score (nSPS) is 22.6. The lowest BCUT2D eigenvalue weighted by molar-refractivity contribution is -0.535. The number of hydrogen-bond acceptors (Lipinski definition) is 12. The van der Waals surface area contributed by atoms with Crippen LogP contribution in [-0.4, -0.2) is 74.7 Å². The van der Waals surface area contributed by atoms with Crippen molar-refractivity contribution in [1.29, 1.82) is 0 Å². The number of ether oxygens (including phenoxy) is 4. The Morgan fingerprint density at radius 1 is 0.485 bits per heavy atom. The zero-order chi connectivity index (χ0) is 48.2. The number of esters is 2. The van der Waals surface area contributed by atoms with E-state index < -0.39 is 48.2 Å². The Kier molecular flexibility index (Phi) is 17.9. The molecule has 0 bridgehead atoms. The minimum Gasteiger partial charge on any atom is -0.851 e. The number of anilines is 4. The first kappa shape index (κ1) is 50.4. The van der Waals surface area contributed by atoms with Gasteiger partial charge in [-0.15, -0.1) is 12.2 Å². The molecule has 2 aliphatic heterocycles. The summed E-state index contributed by atoms with van der Waals surface area (Å²) in [5.74, 6) is -1.14. The fraction of sp³-hybridized carbons (Fsp3) is 0.536. The lowest BCUT2D eigenvalue weighted by atomic mass is 9.62. The second-order valence-corrected chi connectivity index (χ2v) is 18.9. The van der Waals surface area contributed by atoms with Gasteiger partial charge >= 0.3 is 11.9 Å². The van der Waals surface area contributed by atoms with E-state index in [1.54, 1.807) is 0 Å². The van der Waals surface area contributed by atoms with Crippen LogP contribution in [0.5, 0.6) is 0 Å². The number of benzene rings is 4. The van der Waals surface area contributed by atoms with Crippen molar-refractivity contribution in [3.05, 3.63) is 96.5 Å². The molecule has 1 aliphatic carbocycles. The van der Waals surface area contributed by atoms with Gasteiger partial charge in [0, 0.05) is 33.5 Å². The summed E-state index contributed by atoms with van der Waals surface area (Å²) < 4.78 is 23.8. The Bertz CT molecular complexity index is 2280. The smallest absolute Gasteiger partial charge is 0.307 e. The first-order valence-corrected chi connectivity index (χ1v) is 25.5. The second kappa shape index (κ2) is 24.2. The molecule has 12 heteroatoms. The Morgan fingerprint density at radius 2 is 0.838 bits per heavy atom. The Hall–Kier alpha value is -5.46. The van der Waals surface area contributed by atoms with Crippen molar-refractivity contribution in [1.82, 2.24) is 0 Å². The Balaban J connectivity index is 1.16. The third kappa shape index (κ3) is 11.5. The summed E-state index contributed by atoms with van der Waals surface area (Å²) in [6.45, 7) is 19.1. The van der Waals surface area contributed by atoms with Gasteiger partial charge < -0.3 is 50.4 Å². The maximum Gasteiger partial charge on any atom is 0.307 e. The molecule has 3 aliphatic rings. The predicted octanol–water partition coefficient (Wildman–Crippen LogP) is 10.2. The fourth-order valence-corrected chi connectivity index (χ4v) is 10.2. The van der Waals surface area contributed by atoms with E-state index in [-0.39, 0.29) is 24.8 Å². The van der Waals surface area contributed by atoms with Crippen molar-refractivity contribution in [2.45, 2.75) is 166 Å². The van der Waals surface area contributed by atoms with Gasteiger partial charge in [-0.2, -0.15) is 0 Å². The molecule has 4 aromatic rings. The van der Waals surface area contributed by atoms with Crippen LogP contribution in [0.25, 0.3) is 21.5 Å². The molecule has 2 heterocycles. The minimum absolute atomic E-state index is 0.0314. The molecule has 0 amide bonds. The standard InChI is InChI=1S/C56H74N4O8/c1-7-11-15-29-65-35(5)53-54(36(6)66-30-16-12-8-2)60-44-28-26-40(38-22-20-24-42(59-53)50(38)44)52-55(63)51(56(52)64)39-25-27-43-49-37(39)21-19-23-41(49)57-45(33-47(61)67-31-17-13-9-3)46(58-43)34-48(62)68-32-18-14-10-4/h19-28,45-46,51-60H,5-18,29-34H2,1-4H3/q-2. The van der Waals surface area contributed by atoms with Gasteiger partial charge in [-0.3, -0.25) is 9.59 Å². The van der Waals surface area contributed by atoms with Gasteiger partial charge in [0.15, 0.2) is 0 Å². The lowest BCUT2D eigenvalue weighted by Crippen LogP contribution is -2.63. The molecule has 0 radical (unpaired) electrons. The molecular formula is C56H74N4O8-2. The van der Waals surface area contributed by atoms with E-state index >= 15 is 0 Å². The molecule has 0 aromatic heterocycles. The zero-order valence-corrected chi connectivity index (χ0v) is 40.8. The molecule has 1 saturated carbocycles. The molecule has 6 unspecified atom stereocenters. The highest BCUT2D eigenvalue weighted by Crippen LogP contribution is 2.52. The summed E-state index contributed by atoms with van der Waals surface area (Å²) in [6, 6.07) is 17.6. The van der Waals surface area contributed by atoms with Gasteiger partial charge in [0.25, 0.3) is 0 Å². The van der Waals surface area contributed by atoms with Crippen molar-refractivity contribution in [2.75, 3.05) is 47.7 Å². The third-order valence-electron chi connectivity index (χ3n) is 14.0. The number of carbonyl (C=O) groups excluding carboxylic acids is 2. The van der Waals surface area contributed by atoms with Gasteiger partial charge in [-0.25, -0.2) is 0 Å². The lowest BCUT2D eigenvalue weighted by Gasteiger charge is -2.62. The van der Waals surface area contributed by atoms with Gasteiger partial charge in [0.05, 0.1) is 51.4 Å². The van der Waals surface area contributed by atoms with Crippen LogP contribution in [0.2, 0.25) is 0 Å². The Morgan fingerprint density at radius 3 is 1.24 bits per heavy atom. The van der Waals surface area contributed by atoms with Crippen molar-refractivity contribution in [3.8, 4) is 0 Å².